The van der Waals surface area contributed by atoms with Crippen molar-refractivity contribution in [2.75, 3.05) is 33.9 Å². The molecular weight excluding hydrogens is 342 g/mol. The second-order valence-corrected chi connectivity index (χ2v) is 5.93. The van der Waals surface area contributed by atoms with Crippen molar-refractivity contribution in [2.24, 2.45) is 0 Å². The lowest BCUT2D eigenvalue weighted by molar-refractivity contribution is 0.159. The van der Waals surface area contributed by atoms with E-state index in [1.807, 2.05) is 12.1 Å². The summed E-state index contributed by atoms with van der Waals surface area (Å²) in [4.78, 5) is 6.83. The van der Waals surface area contributed by atoms with Gasteiger partial charge in [0.15, 0.2) is 0 Å². The molecule has 0 amide bonds. The van der Waals surface area contributed by atoms with Gasteiger partial charge in [0.2, 0.25) is 0 Å². The van der Waals surface area contributed by atoms with Crippen LogP contribution in [0.2, 0.25) is 0 Å². The summed E-state index contributed by atoms with van der Waals surface area (Å²) in [5.74, 6) is 1.34. The first-order valence-electron chi connectivity index (χ1n) is 6.54. The molecule has 0 radical (unpaired) electrons. The largest absolute Gasteiger partial charge is 0.383 e. The number of ether oxygens (including phenoxy) is 1. The molecule has 2 rings (SSSR count). The summed E-state index contributed by atoms with van der Waals surface area (Å²) in [7, 11) is 3.82. The van der Waals surface area contributed by atoms with E-state index in [-0.39, 0.29) is 0 Å². The standard InChI is InChI=1S/C14H19BrClN3O/c1-18(7-8-20-2)5-6-19-13-4-3-11(15)9-12(13)17-14(19)10-16/h3-4,9H,5-8,10H2,1-2H3. The molecule has 0 bridgehead atoms. The Kier molecular flexibility index (Phi) is 5.84. The molecule has 0 saturated heterocycles. The number of halogens is 2. The van der Waals surface area contributed by atoms with Gasteiger partial charge >= 0.3 is 0 Å². The second-order valence-electron chi connectivity index (χ2n) is 4.74. The van der Waals surface area contributed by atoms with E-state index in [0.29, 0.717) is 5.88 Å². The highest BCUT2D eigenvalue weighted by molar-refractivity contribution is 9.10. The molecule has 6 heteroatoms. The van der Waals surface area contributed by atoms with Gasteiger partial charge in [0.05, 0.1) is 23.5 Å². The first-order valence-corrected chi connectivity index (χ1v) is 7.86. The fourth-order valence-corrected chi connectivity index (χ4v) is 2.69. The highest BCUT2D eigenvalue weighted by atomic mass is 79.9. The van der Waals surface area contributed by atoms with Crippen LogP contribution in [0.25, 0.3) is 11.0 Å². The minimum absolute atomic E-state index is 0.425. The number of methoxy groups -OCH3 is 1. The minimum atomic E-state index is 0.425. The Morgan fingerprint density at radius 3 is 2.90 bits per heavy atom. The zero-order valence-electron chi connectivity index (χ0n) is 11.8. The third-order valence-corrected chi connectivity index (χ3v) is 4.02. The molecule has 1 aromatic carbocycles. The lowest BCUT2D eigenvalue weighted by atomic mass is 10.3. The van der Waals surface area contributed by atoms with Crippen molar-refractivity contribution < 1.29 is 4.74 Å². The van der Waals surface area contributed by atoms with E-state index in [1.165, 1.54) is 0 Å². The van der Waals surface area contributed by atoms with Crippen molar-refractivity contribution in [3.05, 3.63) is 28.5 Å². The second kappa shape index (κ2) is 7.41. The molecule has 20 heavy (non-hydrogen) atoms. The predicted octanol–water partition coefficient (Wildman–Crippen LogP) is 3.12. The van der Waals surface area contributed by atoms with E-state index in [1.54, 1.807) is 7.11 Å². The lowest BCUT2D eigenvalue weighted by Crippen LogP contribution is -2.27. The van der Waals surface area contributed by atoms with Gasteiger partial charge in [0.1, 0.15) is 5.82 Å². The van der Waals surface area contributed by atoms with Gasteiger partial charge in [-0.05, 0) is 25.2 Å². The topological polar surface area (TPSA) is 30.3 Å². The maximum Gasteiger partial charge on any atom is 0.124 e. The third kappa shape index (κ3) is 3.73. The number of imidazole rings is 1. The SMILES string of the molecule is COCCN(C)CCn1c(CCl)nc2cc(Br)ccc21. The fourth-order valence-electron chi connectivity index (χ4n) is 2.13. The summed E-state index contributed by atoms with van der Waals surface area (Å²) in [6, 6.07) is 6.14. The molecule has 2 aromatic rings. The van der Waals surface area contributed by atoms with Crippen LogP contribution < -0.4 is 0 Å². The lowest BCUT2D eigenvalue weighted by Gasteiger charge is -2.17. The predicted molar refractivity (Wildman–Crippen MR) is 86.4 cm³/mol. The van der Waals surface area contributed by atoms with Crippen LogP contribution in [0.4, 0.5) is 0 Å². The van der Waals surface area contributed by atoms with Gasteiger partial charge in [-0.2, -0.15) is 0 Å². The molecule has 0 fully saturated rings. The normalized spacial score (nSPS) is 11.7. The molecule has 0 aliphatic rings. The number of benzene rings is 1. The molecule has 110 valence electrons. The van der Waals surface area contributed by atoms with Gasteiger partial charge in [-0.25, -0.2) is 4.98 Å². The molecule has 1 heterocycles. The van der Waals surface area contributed by atoms with Crippen LogP contribution in [-0.2, 0) is 17.2 Å². The number of alkyl halides is 1. The summed E-state index contributed by atoms with van der Waals surface area (Å²) in [5.41, 5.74) is 2.11. The molecular formula is C14H19BrClN3O. The summed E-state index contributed by atoms with van der Waals surface area (Å²) in [6.45, 7) is 3.48. The van der Waals surface area contributed by atoms with Crippen LogP contribution in [0.5, 0.6) is 0 Å². The number of aromatic nitrogens is 2. The van der Waals surface area contributed by atoms with Crippen molar-refractivity contribution >= 4 is 38.6 Å². The van der Waals surface area contributed by atoms with Crippen LogP contribution in [-0.4, -0.2) is 48.3 Å². The zero-order valence-corrected chi connectivity index (χ0v) is 14.1. The Bertz CT molecular complexity index is 573. The average molecular weight is 361 g/mol. The van der Waals surface area contributed by atoms with E-state index >= 15 is 0 Å². The van der Waals surface area contributed by atoms with E-state index in [9.17, 15) is 0 Å². The van der Waals surface area contributed by atoms with Gasteiger partial charge in [-0.15, -0.1) is 11.6 Å². The number of hydrogen-bond acceptors (Lipinski definition) is 3. The van der Waals surface area contributed by atoms with Gasteiger partial charge in [0, 0.05) is 31.2 Å². The maximum absolute atomic E-state index is 6.01. The van der Waals surface area contributed by atoms with Gasteiger partial charge in [-0.1, -0.05) is 15.9 Å². The number of nitrogens with zero attached hydrogens (tertiary/aromatic N) is 3. The highest BCUT2D eigenvalue weighted by Crippen LogP contribution is 2.21. The van der Waals surface area contributed by atoms with Crippen molar-refractivity contribution in [3.63, 3.8) is 0 Å². The Morgan fingerprint density at radius 2 is 2.20 bits per heavy atom. The molecule has 0 unspecified atom stereocenters. The van der Waals surface area contributed by atoms with Gasteiger partial charge < -0.3 is 14.2 Å². The van der Waals surface area contributed by atoms with Gasteiger partial charge in [-0.3, -0.25) is 0 Å². The van der Waals surface area contributed by atoms with E-state index in [2.05, 4.69) is 43.5 Å². The Balaban J connectivity index is 2.15. The monoisotopic (exact) mass is 359 g/mol. The first kappa shape index (κ1) is 15.8. The number of likely N-dealkylation sites (N-methyl/N-ethyl adjacent to an activating group) is 1. The fraction of sp³-hybridized carbons (Fsp3) is 0.500. The van der Waals surface area contributed by atoms with Crippen molar-refractivity contribution in [1.29, 1.82) is 0 Å². The molecule has 0 N–H and O–H groups in total. The molecule has 0 spiro atoms. The van der Waals surface area contributed by atoms with Crippen molar-refractivity contribution in [3.8, 4) is 0 Å². The smallest absolute Gasteiger partial charge is 0.124 e. The van der Waals surface area contributed by atoms with E-state index < -0.39 is 0 Å². The summed E-state index contributed by atoms with van der Waals surface area (Å²) >= 11 is 9.49. The van der Waals surface area contributed by atoms with E-state index in [0.717, 1.165) is 47.6 Å². The van der Waals surface area contributed by atoms with Crippen molar-refractivity contribution in [1.82, 2.24) is 14.5 Å². The van der Waals surface area contributed by atoms with E-state index in [4.69, 9.17) is 16.3 Å². The summed E-state index contributed by atoms with van der Waals surface area (Å²) < 4.78 is 8.32. The molecule has 0 aliphatic heterocycles. The molecule has 4 nitrogen and oxygen atoms in total. The molecule has 1 aromatic heterocycles. The number of rotatable bonds is 7. The van der Waals surface area contributed by atoms with Crippen LogP contribution >= 0.6 is 27.5 Å². The Morgan fingerprint density at radius 1 is 1.40 bits per heavy atom. The van der Waals surface area contributed by atoms with Crippen LogP contribution in [0.1, 0.15) is 5.82 Å². The Labute approximate surface area is 132 Å². The maximum atomic E-state index is 6.01. The highest BCUT2D eigenvalue weighted by Gasteiger charge is 2.10. The van der Waals surface area contributed by atoms with Crippen molar-refractivity contribution in [2.45, 2.75) is 12.4 Å². The van der Waals surface area contributed by atoms with Gasteiger partial charge in [0.25, 0.3) is 0 Å². The molecule has 0 aliphatic carbocycles. The third-order valence-electron chi connectivity index (χ3n) is 3.29. The number of hydrogen-bond donors (Lipinski definition) is 0. The van der Waals surface area contributed by atoms with Crippen LogP contribution in [0.15, 0.2) is 22.7 Å². The van der Waals surface area contributed by atoms with Crippen LogP contribution in [0, 0.1) is 0 Å². The zero-order chi connectivity index (χ0) is 14.5. The Hall–Kier alpha value is -0.620. The number of fused-ring (bicyclic) bond motifs is 1. The average Bonchev–Trinajstić information content (AvgIpc) is 2.79. The first-order chi connectivity index (χ1) is 9.65. The molecule has 0 saturated carbocycles. The van der Waals surface area contributed by atoms with Crippen LogP contribution in [0.3, 0.4) is 0 Å². The molecule has 0 atom stereocenters. The summed E-state index contributed by atoms with van der Waals surface area (Å²) in [5, 5.41) is 0. The quantitative estimate of drug-likeness (QED) is 0.711. The summed E-state index contributed by atoms with van der Waals surface area (Å²) in [6.07, 6.45) is 0. The minimum Gasteiger partial charge on any atom is -0.383 e.